The Bertz CT molecular complexity index is 149. The molecule has 0 saturated heterocycles. The average Bonchev–Trinajstić information content (AvgIpc) is 2.81. The van der Waals surface area contributed by atoms with Gasteiger partial charge < -0.3 is 10.1 Å². The lowest BCUT2D eigenvalue weighted by atomic mass is 10.3. The van der Waals surface area contributed by atoms with Crippen LogP contribution in [0.4, 0.5) is 8.78 Å². The van der Waals surface area contributed by atoms with Crippen molar-refractivity contribution in [2.75, 3.05) is 26.8 Å². The second-order valence-electron chi connectivity index (χ2n) is 3.67. The van der Waals surface area contributed by atoms with E-state index in [4.69, 9.17) is 4.74 Å². The maximum absolute atomic E-state index is 12.8. The highest BCUT2D eigenvalue weighted by Gasteiger charge is 2.28. The Balaban J connectivity index is 1.95. The highest BCUT2D eigenvalue weighted by Crippen LogP contribution is 2.32. The van der Waals surface area contributed by atoms with Gasteiger partial charge in [-0.1, -0.05) is 12.8 Å². The molecule has 0 atom stereocenters. The SMILES string of the molecule is CNCC(F)(F)COCCC1CC1. The van der Waals surface area contributed by atoms with E-state index < -0.39 is 12.5 Å². The zero-order valence-electron chi connectivity index (χ0n) is 7.98. The molecule has 0 bridgehead atoms. The van der Waals surface area contributed by atoms with Crippen molar-refractivity contribution < 1.29 is 13.5 Å². The van der Waals surface area contributed by atoms with Crippen molar-refractivity contribution >= 4 is 0 Å². The fourth-order valence-electron chi connectivity index (χ4n) is 1.19. The molecule has 0 aromatic rings. The van der Waals surface area contributed by atoms with E-state index in [1.165, 1.54) is 19.9 Å². The van der Waals surface area contributed by atoms with E-state index in [9.17, 15) is 8.78 Å². The van der Waals surface area contributed by atoms with Crippen LogP contribution >= 0.6 is 0 Å². The predicted octanol–water partition coefficient (Wildman–Crippen LogP) is 1.66. The Labute approximate surface area is 77.6 Å². The molecule has 0 aromatic heterocycles. The summed E-state index contributed by atoms with van der Waals surface area (Å²) in [5.41, 5.74) is 0. The zero-order chi connectivity index (χ0) is 9.73. The highest BCUT2D eigenvalue weighted by molar-refractivity contribution is 4.73. The number of hydrogen-bond donors (Lipinski definition) is 1. The molecular weight excluding hydrogens is 176 g/mol. The van der Waals surface area contributed by atoms with Crippen LogP contribution in [0, 0.1) is 5.92 Å². The maximum Gasteiger partial charge on any atom is 0.283 e. The van der Waals surface area contributed by atoms with Crippen LogP contribution < -0.4 is 5.32 Å². The topological polar surface area (TPSA) is 21.3 Å². The van der Waals surface area contributed by atoms with Crippen LogP contribution in [0.15, 0.2) is 0 Å². The fourth-order valence-corrected chi connectivity index (χ4v) is 1.19. The molecule has 4 heteroatoms. The minimum atomic E-state index is -2.72. The standard InChI is InChI=1S/C9H17F2NO/c1-12-6-9(10,11)7-13-5-4-8-2-3-8/h8,12H,2-7H2,1H3. The van der Waals surface area contributed by atoms with E-state index in [2.05, 4.69) is 5.32 Å². The van der Waals surface area contributed by atoms with Gasteiger partial charge in [0.15, 0.2) is 0 Å². The summed E-state index contributed by atoms with van der Waals surface area (Å²) in [5.74, 6) is -1.98. The van der Waals surface area contributed by atoms with E-state index in [1.807, 2.05) is 0 Å². The molecule has 1 aliphatic carbocycles. The van der Waals surface area contributed by atoms with Crippen LogP contribution in [-0.2, 0) is 4.74 Å². The smallest absolute Gasteiger partial charge is 0.283 e. The first-order chi connectivity index (χ1) is 6.14. The number of nitrogens with one attached hydrogen (secondary N) is 1. The van der Waals surface area contributed by atoms with Gasteiger partial charge in [0.05, 0.1) is 6.54 Å². The van der Waals surface area contributed by atoms with E-state index in [0.29, 0.717) is 6.61 Å². The molecule has 0 aliphatic heterocycles. The molecule has 1 N–H and O–H groups in total. The van der Waals surface area contributed by atoms with E-state index in [1.54, 1.807) is 0 Å². The van der Waals surface area contributed by atoms with Gasteiger partial charge in [0.25, 0.3) is 5.92 Å². The Morgan fingerprint density at radius 2 is 2.15 bits per heavy atom. The molecule has 0 radical (unpaired) electrons. The van der Waals surface area contributed by atoms with Gasteiger partial charge in [-0.15, -0.1) is 0 Å². The molecule has 13 heavy (non-hydrogen) atoms. The molecule has 0 spiro atoms. The molecule has 1 fully saturated rings. The third-order valence-corrected chi connectivity index (χ3v) is 2.12. The predicted molar refractivity (Wildman–Crippen MR) is 47.0 cm³/mol. The van der Waals surface area contributed by atoms with Crippen LogP contribution in [-0.4, -0.2) is 32.7 Å². The third-order valence-electron chi connectivity index (χ3n) is 2.12. The molecule has 78 valence electrons. The lowest BCUT2D eigenvalue weighted by Gasteiger charge is -2.15. The fraction of sp³-hybridized carbons (Fsp3) is 1.00. The largest absolute Gasteiger partial charge is 0.375 e. The second kappa shape index (κ2) is 4.86. The molecule has 2 nitrogen and oxygen atoms in total. The van der Waals surface area contributed by atoms with E-state index in [0.717, 1.165) is 12.3 Å². The van der Waals surface area contributed by atoms with Crippen molar-refractivity contribution in [3.05, 3.63) is 0 Å². The first-order valence-electron chi connectivity index (χ1n) is 4.74. The molecule has 1 rings (SSSR count). The summed E-state index contributed by atoms with van der Waals surface area (Å²) < 4.78 is 30.5. The first kappa shape index (κ1) is 10.9. The molecule has 0 unspecified atom stereocenters. The van der Waals surface area contributed by atoms with E-state index in [-0.39, 0.29) is 6.54 Å². The summed E-state index contributed by atoms with van der Waals surface area (Å²) in [7, 11) is 1.51. The zero-order valence-corrected chi connectivity index (χ0v) is 7.98. The van der Waals surface area contributed by atoms with Crippen LogP contribution in [0.2, 0.25) is 0 Å². The number of hydrogen-bond acceptors (Lipinski definition) is 2. The summed E-state index contributed by atoms with van der Waals surface area (Å²) in [6.07, 6.45) is 3.43. The molecular formula is C9H17F2NO. The number of halogens is 2. The lowest BCUT2D eigenvalue weighted by Crippen LogP contribution is -2.35. The van der Waals surface area contributed by atoms with Crippen molar-refractivity contribution in [2.45, 2.75) is 25.2 Å². The third kappa shape index (κ3) is 5.16. The average molecular weight is 193 g/mol. The monoisotopic (exact) mass is 193 g/mol. The highest BCUT2D eigenvalue weighted by atomic mass is 19.3. The number of alkyl halides is 2. The van der Waals surface area contributed by atoms with Crippen molar-refractivity contribution in [1.29, 1.82) is 0 Å². The molecule has 1 aliphatic rings. The Morgan fingerprint density at radius 1 is 1.46 bits per heavy atom. The summed E-state index contributed by atoms with van der Waals surface area (Å²) >= 11 is 0. The van der Waals surface area contributed by atoms with Crippen LogP contribution in [0.5, 0.6) is 0 Å². The Morgan fingerprint density at radius 3 is 2.69 bits per heavy atom. The van der Waals surface area contributed by atoms with Gasteiger partial charge in [-0.05, 0) is 19.4 Å². The van der Waals surface area contributed by atoms with Crippen molar-refractivity contribution in [1.82, 2.24) is 5.32 Å². The molecule has 0 amide bonds. The summed E-state index contributed by atoms with van der Waals surface area (Å²) in [5, 5.41) is 2.44. The molecule has 0 heterocycles. The summed E-state index contributed by atoms with van der Waals surface area (Å²) in [4.78, 5) is 0. The summed E-state index contributed by atoms with van der Waals surface area (Å²) in [6.45, 7) is -0.291. The minimum Gasteiger partial charge on any atom is -0.375 e. The Kier molecular flexibility index (Phi) is 4.06. The van der Waals surface area contributed by atoms with Crippen molar-refractivity contribution in [3.63, 3.8) is 0 Å². The first-order valence-corrected chi connectivity index (χ1v) is 4.74. The van der Waals surface area contributed by atoms with Crippen LogP contribution in [0.1, 0.15) is 19.3 Å². The van der Waals surface area contributed by atoms with E-state index >= 15 is 0 Å². The quantitative estimate of drug-likeness (QED) is 0.621. The van der Waals surface area contributed by atoms with Gasteiger partial charge in [0.1, 0.15) is 6.61 Å². The van der Waals surface area contributed by atoms with Gasteiger partial charge in [0.2, 0.25) is 0 Å². The molecule has 1 saturated carbocycles. The van der Waals surface area contributed by atoms with Crippen molar-refractivity contribution in [2.24, 2.45) is 5.92 Å². The summed E-state index contributed by atoms with van der Waals surface area (Å²) in [6, 6.07) is 0. The lowest BCUT2D eigenvalue weighted by molar-refractivity contribution is -0.0744. The van der Waals surface area contributed by atoms with Gasteiger partial charge >= 0.3 is 0 Å². The van der Waals surface area contributed by atoms with Crippen LogP contribution in [0.25, 0.3) is 0 Å². The van der Waals surface area contributed by atoms with Gasteiger partial charge in [-0.25, -0.2) is 8.78 Å². The maximum atomic E-state index is 12.8. The van der Waals surface area contributed by atoms with Gasteiger partial charge in [-0.2, -0.15) is 0 Å². The number of ether oxygens (including phenoxy) is 1. The second-order valence-corrected chi connectivity index (χ2v) is 3.67. The van der Waals surface area contributed by atoms with Crippen molar-refractivity contribution in [3.8, 4) is 0 Å². The van der Waals surface area contributed by atoms with Gasteiger partial charge in [-0.3, -0.25) is 0 Å². The van der Waals surface area contributed by atoms with Crippen LogP contribution in [0.3, 0.4) is 0 Å². The number of rotatable bonds is 7. The van der Waals surface area contributed by atoms with Gasteiger partial charge in [0, 0.05) is 6.61 Å². The normalized spacial score (nSPS) is 17.8. The minimum absolute atomic E-state index is 0.309. The Hall–Kier alpha value is -0.220. The molecule has 0 aromatic carbocycles.